The molecule has 3 rings (SSSR count). The van der Waals surface area contributed by atoms with Crippen LogP contribution in [0.15, 0.2) is 30.7 Å². The lowest BCUT2D eigenvalue weighted by Crippen LogP contribution is -2.44. The number of halogens is 1. The number of pyridine rings is 1. The largest absolute Gasteiger partial charge is 0.342 e. The lowest BCUT2D eigenvalue weighted by molar-refractivity contribution is -0.132. The van der Waals surface area contributed by atoms with E-state index in [0.717, 1.165) is 40.8 Å². The van der Waals surface area contributed by atoms with E-state index in [1.807, 2.05) is 17.0 Å². The summed E-state index contributed by atoms with van der Waals surface area (Å²) in [5, 5.41) is 1.08. The van der Waals surface area contributed by atoms with Crippen molar-refractivity contribution < 1.29 is 4.79 Å². The Morgan fingerprint density at radius 3 is 2.77 bits per heavy atom. The van der Waals surface area contributed by atoms with E-state index in [1.165, 1.54) is 0 Å². The number of piperidine rings is 1. The van der Waals surface area contributed by atoms with Crippen molar-refractivity contribution in [2.24, 2.45) is 0 Å². The van der Waals surface area contributed by atoms with Gasteiger partial charge in [-0.05, 0) is 24.5 Å². The minimum atomic E-state index is 0.0306. The summed E-state index contributed by atoms with van der Waals surface area (Å²) in [7, 11) is 0. The number of nitrogens with zero attached hydrogens (tertiary/aromatic N) is 3. The van der Waals surface area contributed by atoms with E-state index in [1.54, 1.807) is 29.9 Å². The van der Waals surface area contributed by atoms with Gasteiger partial charge in [-0.15, -0.1) is 11.3 Å². The second kappa shape index (κ2) is 6.34. The minimum absolute atomic E-state index is 0.0306. The molecule has 22 heavy (non-hydrogen) atoms. The average molecular weight is 336 g/mol. The molecular weight excluding hydrogens is 318 g/mol. The van der Waals surface area contributed by atoms with Gasteiger partial charge in [0.05, 0.1) is 12.6 Å². The van der Waals surface area contributed by atoms with E-state index < -0.39 is 0 Å². The Morgan fingerprint density at radius 2 is 2.18 bits per heavy atom. The van der Waals surface area contributed by atoms with Gasteiger partial charge in [0.25, 0.3) is 0 Å². The van der Waals surface area contributed by atoms with Crippen molar-refractivity contribution in [1.82, 2.24) is 14.9 Å². The highest BCUT2D eigenvalue weighted by molar-refractivity contribution is 7.15. The van der Waals surface area contributed by atoms with Gasteiger partial charge in [-0.3, -0.25) is 9.78 Å². The molecule has 1 amide bonds. The predicted octanol–water partition coefficient (Wildman–Crippen LogP) is 3.31. The van der Waals surface area contributed by atoms with E-state index in [4.69, 9.17) is 11.6 Å². The first kappa shape index (κ1) is 15.4. The van der Waals surface area contributed by atoms with Gasteiger partial charge in [-0.2, -0.15) is 0 Å². The van der Waals surface area contributed by atoms with Crippen LogP contribution in [-0.4, -0.2) is 33.9 Å². The fourth-order valence-corrected chi connectivity index (χ4v) is 3.90. The molecule has 2 aromatic heterocycles. The minimum Gasteiger partial charge on any atom is -0.342 e. The maximum absolute atomic E-state index is 12.4. The molecule has 2 aromatic rings. The first-order valence-electron chi connectivity index (χ1n) is 7.35. The van der Waals surface area contributed by atoms with Crippen LogP contribution in [0.25, 0.3) is 0 Å². The van der Waals surface area contributed by atoms with Gasteiger partial charge in [0.2, 0.25) is 5.91 Å². The molecule has 116 valence electrons. The second-order valence-electron chi connectivity index (χ2n) is 5.95. The molecule has 0 aromatic carbocycles. The summed E-state index contributed by atoms with van der Waals surface area (Å²) in [6, 6.07) is 3.80. The molecule has 1 aliphatic rings. The molecule has 0 N–H and O–H groups in total. The van der Waals surface area contributed by atoms with E-state index in [0.29, 0.717) is 6.42 Å². The van der Waals surface area contributed by atoms with Crippen molar-refractivity contribution >= 4 is 28.8 Å². The first-order valence-corrected chi connectivity index (χ1v) is 8.55. The summed E-state index contributed by atoms with van der Waals surface area (Å²) in [5.74, 6) is 0.173. The lowest BCUT2D eigenvalue weighted by atomic mass is 9.81. The van der Waals surface area contributed by atoms with Gasteiger partial charge in [0.1, 0.15) is 9.34 Å². The third kappa shape index (κ3) is 3.31. The summed E-state index contributed by atoms with van der Waals surface area (Å²) >= 11 is 7.54. The Kier molecular flexibility index (Phi) is 4.45. The van der Waals surface area contributed by atoms with E-state index >= 15 is 0 Å². The monoisotopic (exact) mass is 335 g/mol. The Bertz CT molecular complexity index is 650. The Hall–Kier alpha value is -1.46. The number of aromatic nitrogens is 2. The molecule has 4 nitrogen and oxygen atoms in total. The van der Waals surface area contributed by atoms with Crippen molar-refractivity contribution in [3.63, 3.8) is 0 Å². The van der Waals surface area contributed by atoms with Crippen LogP contribution in [0.5, 0.6) is 0 Å². The SMILES string of the molecule is CC1(c2ncc(Cl)s2)CCN(C(=O)Cc2cccnc2)CC1. The standard InChI is InChI=1S/C16H18ClN3OS/c1-16(15-19-11-13(17)22-15)4-7-20(8-5-16)14(21)9-12-3-2-6-18-10-12/h2-3,6,10-11H,4-5,7-9H2,1H3. The quantitative estimate of drug-likeness (QED) is 0.864. The number of hydrogen-bond donors (Lipinski definition) is 0. The van der Waals surface area contributed by atoms with Crippen LogP contribution in [0.2, 0.25) is 4.34 Å². The fourth-order valence-electron chi connectivity index (χ4n) is 2.79. The zero-order valence-corrected chi connectivity index (χ0v) is 14.0. The summed E-state index contributed by atoms with van der Waals surface area (Å²) in [4.78, 5) is 22.8. The fraction of sp³-hybridized carbons (Fsp3) is 0.438. The van der Waals surface area contributed by atoms with Crippen molar-refractivity contribution in [1.29, 1.82) is 0 Å². The molecule has 1 fully saturated rings. The molecule has 0 unspecified atom stereocenters. The topological polar surface area (TPSA) is 46.1 Å². The molecule has 0 radical (unpaired) electrons. The van der Waals surface area contributed by atoms with Crippen molar-refractivity contribution in [3.8, 4) is 0 Å². The molecule has 0 bridgehead atoms. The Balaban J connectivity index is 1.60. The highest BCUT2D eigenvalue weighted by Crippen LogP contribution is 2.38. The molecule has 1 aliphatic heterocycles. The molecule has 1 saturated heterocycles. The molecule has 0 saturated carbocycles. The molecule has 3 heterocycles. The van der Waals surface area contributed by atoms with Crippen LogP contribution in [-0.2, 0) is 16.6 Å². The molecule has 6 heteroatoms. The highest BCUT2D eigenvalue weighted by atomic mass is 35.5. The molecule has 0 atom stereocenters. The van der Waals surface area contributed by atoms with Crippen LogP contribution in [0.1, 0.15) is 30.3 Å². The Labute approximate surface area is 139 Å². The van der Waals surface area contributed by atoms with Crippen LogP contribution in [0, 0.1) is 0 Å². The normalized spacial score (nSPS) is 17.5. The summed E-state index contributed by atoms with van der Waals surface area (Å²) in [6.45, 7) is 3.75. The number of hydrogen-bond acceptors (Lipinski definition) is 4. The summed E-state index contributed by atoms with van der Waals surface area (Å²) < 4.78 is 0.728. The zero-order valence-electron chi connectivity index (χ0n) is 12.5. The van der Waals surface area contributed by atoms with Gasteiger partial charge in [0.15, 0.2) is 0 Å². The maximum Gasteiger partial charge on any atom is 0.227 e. The van der Waals surface area contributed by atoms with Gasteiger partial charge < -0.3 is 4.90 Å². The van der Waals surface area contributed by atoms with Crippen molar-refractivity contribution in [2.75, 3.05) is 13.1 Å². The highest BCUT2D eigenvalue weighted by Gasteiger charge is 2.35. The van der Waals surface area contributed by atoms with Gasteiger partial charge in [0, 0.05) is 30.9 Å². The van der Waals surface area contributed by atoms with Gasteiger partial charge >= 0.3 is 0 Å². The zero-order chi connectivity index (χ0) is 15.6. The smallest absolute Gasteiger partial charge is 0.227 e. The average Bonchev–Trinajstić information content (AvgIpc) is 2.96. The number of carbonyl (C=O) groups excluding carboxylic acids is 1. The van der Waals surface area contributed by atoms with Crippen LogP contribution < -0.4 is 0 Å². The number of amides is 1. The summed E-state index contributed by atoms with van der Waals surface area (Å²) in [5.41, 5.74) is 0.996. The molecule has 0 aliphatic carbocycles. The lowest BCUT2D eigenvalue weighted by Gasteiger charge is -2.38. The van der Waals surface area contributed by atoms with Crippen molar-refractivity contribution in [2.45, 2.75) is 31.6 Å². The van der Waals surface area contributed by atoms with Gasteiger partial charge in [-0.1, -0.05) is 24.6 Å². The van der Waals surface area contributed by atoms with Crippen molar-refractivity contribution in [3.05, 3.63) is 45.6 Å². The summed E-state index contributed by atoms with van der Waals surface area (Å²) in [6.07, 6.45) is 7.47. The third-order valence-corrected chi connectivity index (χ3v) is 5.71. The van der Waals surface area contributed by atoms with Crippen LogP contribution in [0.3, 0.4) is 0 Å². The maximum atomic E-state index is 12.4. The van der Waals surface area contributed by atoms with E-state index in [9.17, 15) is 4.79 Å². The predicted molar refractivity (Wildman–Crippen MR) is 88.2 cm³/mol. The number of thiazole rings is 1. The molecule has 0 spiro atoms. The van der Waals surface area contributed by atoms with E-state index in [-0.39, 0.29) is 11.3 Å². The third-order valence-electron chi connectivity index (χ3n) is 4.29. The second-order valence-corrected chi connectivity index (χ2v) is 7.61. The molecular formula is C16H18ClN3OS. The number of carbonyl (C=O) groups is 1. The Morgan fingerprint density at radius 1 is 1.41 bits per heavy atom. The number of likely N-dealkylation sites (tertiary alicyclic amines) is 1. The van der Waals surface area contributed by atoms with Gasteiger partial charge in [-0.25, -0.2) is 4.98 Å². The van der Waals surface area contributed by atoms with Crippen LogP contribution in [0.4, 0.5) is 0 Å². The number of rotatable bonds is 3. The first-order chi connectivity index (χ1) is 10.6. The van der Waals surface area contributed by atoms with E-state index in [2.05, 4.69) is 16.9 Å². The van der Waals surface area contributed by atoms with Crippen LogP contribution >= 0.6 is 22.9 Å².